The molecule has 4 bridgehead atoms. The second kappa shape index (κ2) is 15.9. The first-order valence-electron chi connectivity index (χ1n) is 21.0. The number of ether oxygens (including phenoxy) is 6. The highest BCUT2D eigenvalue weighted by Gasteiger charge is 2.60. The summed E-state index contributed by atoms with van der Waals surface area (Å²) in [5, 5.41) is 40.7. The fraction of sp³-hybridized carbons (Fsp3) is 0.533. The van der Waals surface area contributed by atoms with Gasteiger partial charge in [0.2, 0.25) is 6.79 Å². The quantitative estimate of drug-likeness (QED) is 0.112. The number of phenols is 2. The molecule has 7 heterocycles. The van der Waals surface area contributed by atoms with E-state index in [0.29, 0.717) is 76.6 Å². The van der Waals surface area contributed by atoms with E-state index in [2.05, 4.69) is 28.5 Å². The Morgan fingerprint density at radius 2 is 1.82 bits per heavy atom. The molecule has 2 saturated heterocycles. The van der Waals surface area contributed by atoms with Crippen LogP contribution in [-0.4, -0.2) is 85.1 Å². The van der Waals surface area contributed by atoms with Crippen molar-refractivity contribution >= 4 is 23.7 Å². The number of phenolic OH excluding ortho intramolecular Hbond substituents is 2. The number of methoxy groups -OCH3 is 2. The maximum Gasteiger partial charge on any atom is 0.331 e. The molecule has 4 N–H and O–H groups in total. The minimum absolute atomic E-state index is 0.0204. The first-order valence-corrected chi connectivity index (χ1v) is 22.0. The summed E-state index contributed by atoms with van der Waals surface area (Å²) in [4.78, 5) is 30.9. The number of benzene rings is 3. The topological polar surface area (TPSA) is 181 Å². The molecule has 0 radical (unpaired) electrons. The van der Waals surface area contributed by atoms with E-state index in [1.807, 2.05) is 19.9 Å². The molecule has 0 aliphatic carbocycles. The molecular formula is C45H52N4O10S. The minimum Gasteiger partial charge on any atom is -0.504 e. The van der Waals surface area contributed by atoms with E-state index in [-0.39, 0.29) is 54.8 Å². The lowest BCUT2D eigenvalue weighted by atomic mass is 9.72. The summed E-state index contributed by atoms with van der Waals surface area (Å²) in [6, 6.07) is 5.14. The molecule has 7 atom stereocenters. The normalized spacial score (nSPS) is 27.2. The van der Waals surface area contributed by atoms with Crippen molar-refractivity contribution in [3.8, 4) is 46.3 Å². The maximum absolute atomic E-state index is 14.9. The average Bonchev–Trinajstić information content (AvgIpc) is 3.73. The number of carbonyl (C=O) groups is 2. The zero-order valence-corrected chi connectivity index (χ0v) is 35.5. The maximum atomic E-state index is 14.9. The van der Waals surface area contributed by atoms with Crippen LogP contribution >= 0.6 is 11.8 Å². The molecule has 0 saturated carbocycles. The van der Waals surface area contributed by atoms with Crippen molar-refractivity contribution in [2.45, 2.75) is 113 Å². The summed E-state index contributed by atoms with van der Waals surface area (Å²) in [6.07, 6.45) is 6.11. The Balaban J connectivity index is 1.27. The number of nitrogens with zero attached hydrogens (tertiary/aromatic N) is 2. The van der Waals surface area contributed by atoms with Crippen LogP contribution in [0.3, 0.4) is 0 Å². The summed E-state index contributed by atoms with van der Waals surface area (Å²) >= 11 is 1.49. The molecule has 0 amide bonds. The average molecular weight is 841 g/mol. The van der Waals surface area contributed by atoms with Crippen LogP contribution in [-0.2, 0) is 32.7 Å². The third-order valence-corrected chi connectivity index (χ3v) is 14.9. The van der Waals surface area contributed by atoms with Gasteiger partial charge in [-0.05, 0) is 67.5 Å². The van der Waals surface area contributed by atoms with Crippen molar-refractivity contribution in [2.75, 3.05) is 39.9 Å². The van der Waals surface area contributed by atoms with Crippen molar-refractivity contribution in [3.05, 3.63) is 62.7 Å². The lowest BCUT2D eigenvalue weighted by molar-refractivity contribution is -0.155. The van der Waals surface area contributed by atoms with Crippen LogP contribution in [0.25, 0.3) is 0 Å². The van der Waals surface area contributed by atoms with E-state index in [0.717, 1.165) is 42.4 Å². The molecule has 10 rings (SSSR count). The van der Waals surface area contributed by atoms with Gasteiger partial charge in [-0.3, -0.25) is 15.0 Å². The standard InChI is InChI=1S/C45H52N4O10S/c1-6-7-8-9-10-11-32(51)59-40-23(3)41-42(58-21-57-41)34-29-19-56-44(53)45(26-17-31(54-4)30(50)16-24(26)12-13-47-45)20-60-43(35(34)40)37-36-33-25(14-22(2)39(55-5)38(33)52)15-27(48-36)28(18-46)49(29)37/h14,16-17,27-29,36-37,43,47-48,50,52H,6-13,15,19-21H2,1-5H3/t27-,28-,29-,36?,37?,43+,45+/m0/s1. The number of nitrogens with one attached hydrogen (secondary N) is 2. The van der Waals surface area contributed by atoms with Crippen LogP contribution in [0, 0.1) is 25.2 Å². The molecule has 14 nitrogen and oxygen atoms in total. The molecule has 7 aliphatic rings. The Labute approximate surface area is 353 Å². The largest absolute Gasteiger partial charge is 0.504 e. The predicted octanol–water partition coefficient (Wildman–Crippen LogP) is 5.99. The Morgan fingerprint density at radius 1 is 1.02 bits per heavy atom. The number of carbonyl (C=O) groups excluding carboxylic acids is 2. The molecule has 7 aliphatic heterocycles. The lowest BCUT2D eigenvalue weighted by Crippen LogP contribution is -2.69. The van der Waals surface area contributed by atoms with E-state index in [9.17, 15) is 25.1 Å². The van der Waals surface area contributed by atoms with Crippen LogP contribution in [0.15, 0.2) is 18.2 Å². The molecule has 318 valence electrons. The van der Waals surface area contributed by atoms with Gasteiger partial charge in [0.1, 0.15) is 18.4 Å². The zero-order chi connectivity index (χ0) is 42.0. The van der Waals surface area contributed by atoms with Gasteiger partial charge in [-0.2, -0.15) is 5.26 Å². The molecule has 2 fully saturated rings. The number of aromatic hydroxyl groups is 2. The number of hydrogen-bond donors (Lipinski definition) is 4. The number of thioether (sulfide) groups is 1. The summed E-state index contributed by atoms with van der Waals surface area (Å²) in [6.45, 7) is 6.13. The Morgan fingerprint density at radius 3 is 2.58 bits per heavy atom. The molecule has 2 unspecified atom stereocenters. The van der Waals surface area contributed by atoms with E-state index in [4.69, 9.17) is 28.4 Å². The van der Waals surface area contributed by atoms with Crippen LogP contribution in [0.1, 0.15) is 107 Å². The lowest BCUT2D eigenvalue weighted by Gasteiger charge is -2.59. The van der Waals surface area contributed by atoms with Gasteiger partial charge >= 0.3 is 11.9 Å². The van der Waals surface area contributed by atoms with E-state index >= 15 is 0 Å². The number of fused-ring (bicyclic) bond motifs is 9. The Kier molecular flexibility index (Phi) is 10.7. The Bertz CT molecular complexity index is 2300. The second-order valence-electron chi connectivity index (χ2n) is 16.7. The minimum atomic E-state index is -1.37. The fourth-order valence-electron chi connectivity index (χ4n) is 10.7. The Hall–Kier alpha value is -4.88. The van der Waals surface area contributed by atoms with Gasteiger partial charge in [0.05, 0.1) is 37.6 Å². The molecule has 3 aromatic rings. The fourth-order valence-corrected chi connectivity index (χ4v) is 12.4. The number of nitriles is 1. The van der Waals surface area contributed by atoms with Gasteiger partial charge in [-0.1, -0.05) is 38.7 Å². The van der Waals surface area contributed by atoms with E-state index in [1.54, 1.807) is 12.1 Å². The third-order valence-electron chi connectivity index (χ3n) is 13.4. The molecule has 0 aromatic heterocycles. The highest BCUT2D eigenvalue weighted by atomic mass is 32.2. The molecule has 3 aromatic carbocycles. The van der Waals surface area contributed by atoms with Gasteiger partial charge in [-0.25, -0.2) is 4.79 Å². The second-order valence-corrected chi connectivity index (χ2v) is 17.8. The number of esters is 2. The first kappa shape index (κ1) is 40.5. The van der Waals surface area contributed by atoms with Gasteiger partial charge in [0.25, 0.3) is 0 Å². The predicted molar refractivity (Wildman–Crippen MR) is 221 cm³/mol. The van der Waals surface area contributed by atoms with Crippen molar-refractivity contribution < 1.29 is 48.2 Å². The van der Waals surface area contributed by atoms with Crippen LogP contribution < -0.4 is 34.3 Å². The SMILES string of the molecule is CCCCCCCC(=O)Oc1c(C)c2c(c3c1[C@H]1SC[C@]4(NCCc5cc(O)c(OC)cc54)C(=O)OC[C@@H]3N3C1C1N[C@@H](Cc4cc(C)c(OC)c(O)c41)[C@@H]3C#N)OCO2. The highest BCUT2D eigenvalue weighted by molar-refractivity contribution is 7.99. The van der Waals surface area contributed by atoms with Crippen molar-refractivity contribution in [1.82, 2.24) is 15.5 Å². The number of aryl methyl sites for hydroxylation is 1. The summed E-state index contributed by atoms with van der Waals surface area (Å²) in [5.41, 5.74) is 4.45. The summed E-state index contributed by atoms with van der Waals surface area (Å²) in [7, 11) is 3.01. The molecular weight excluding hydrogens is 789 g/mol. The smallest absolute Gasteiger partial charge is 0.331 e. The number of unbranched alkanes of at least 4 members (excludes halogenated alkanes) is 4. The van der Waals surface area contributed by atoms with Gasteiger partial charge in [0, 0.05) is 53.1 Å². The molecule has 60 heavy (non-hydrogen) atoms. The van der Waals surface area contributed by atoms with Gasteiger partial charge in [0.15, 0.2) is 40.0 Å². The first-order chi connectivity index (χ1) is 29.1. The molecule has 1 spiro atoms. The van der Waals surface area contributed by atoms with Gasteiger partial charge in [-0.15, -0.1) is 11.8 Å². The van der Waals surface area contributed by atoms with Crippen LogP contribution in [0.4, 0.5) is 0 Å². The number of hydrogen-bond acceptors (Lipinski definition) is 15. The summed E-state index contributed by atoms with van der Waals surface area (Å²) < 4.78 is 36.7. The number of piperazine rings is 1. The van der Waals surface area contributed by atoms with Crippen LogP contribution in [0.5, 0.6) is 40.2 Å². The molecule has 15 heteroatoms. The monoisotopic (exact) mass is 840 g/mol. The van der Waals surface area contributed by atoms with Gasteiger partial charge < -0.3 is 44.0 Å². The van der Waals surface area contributed by atoms with Crippen molar-refractivity contribution in [2.24, 2.45) is 0 Å². The number of rotatable bonds is 9. The van der Waals surface area contributed by atoms with Crippen molar-refractivity contribution in [1.29, 1.82) is 5.26 Å². The van der Waals surface area contributed by atoms with Crippen molar-refractivity contribution in [3.63, 3.8) is 0 Å². The third kappa shape index (κ3) is 6.24. The zero-order valence-electron chi connectivity index (χ0n) is 34.6. The van der Waals surface area contributed by atoms with Crippen LogP contribution in [0.2, 0.25) is 0 Å². The highest BCUT2D eigenvalue weighted by Crippen LogP contribution is 2.63. The van der Waals surface area contributed by atoms with E-state index in [1.165, 1.54) is 26.0 Å². The summed E-state index contributed by atoms with van der Waals surface area (Å²) in [5.74, 6) is 1.21. The van der Waals surface area contributed by atoms with E-state index < -0.39 is 40.9 Å².